The van der Waals surface area contributed by atoms with Crippen molar-refractivity contribution in [3.63, 3.8) is 0 Å². The van der Waals surface area contributed by atoms with Gasteiger partial charge in [-0.1, -0.05) is 148 Å². The van der Waals surface area contributed by atoms with Crippen LogP contribution in [0.1, 0.15) is 92.1 Å². The van der Waals surface area contributed by atoms with Crippen LogP contribution in [0.15, 0.2) is 144 Å². The number of aromatic nitrogens is 1. The second kappa shape index (κ2) is 16.5. The lowest BCUT2D eigenvalue weighted by atomic mass is 9.81. The van der Waals surface area contributed by atoms with Crippen molar-refractivity contribution >= 4 is 46.0 Å². The zero-order chi connectivity index (χ0) is 38.4. The molecular formula is C53H51NO. The van der Waals surface area contributed by atoms with Gasteiger partial charge in [0.15, 0.2) is 5.42 Å². The zero-order valence-corrected chi connectivity index (χ0v) is 32.7. The highest BCUT2D eigenvalue weighted by molar-refractivity contribution is 5.95. The lowest BCUT2D eigenvalue weighted by Crippen LogP contribution is -2.30. The number of hydrogen-bond acceptors (Lipinski definition) is 1. The largest absolute Gasteiger partial charge is 0.459 e. The highest BCUT2D eigenvalue weighted by Crippen LogP contribution is 2.47. The van der Waals surface area contributed by atoms with Crippen LogP contribution in [0.4, 0.5) is 0 Å². The average Bonchev–Trinajstić information content (AvgIpc) is 3.78. The molecule has 2 nitrogen and oxygen atoms in total. The van der Waals surface area contributed by atoms with Gasteiger partial charge >= 0.3 is 0 Å². The summed E-state index contributed by atoms with van der Waals surface area (Å²) in [7, 11) is 0. The molecule has 7 rings (SSSR count). The molecule has 0 spiro atoms. The maximum absolute atomic E-state index is 6.52. The van der Waals surface area contributed by atoms with Crippen molar-refractivity contribution in [1.29, 1.82) is 0 Å². The molecular weight excluding hydrogens is 667 g/mol. The van der Waals surface area contributed by atoms with E-state index in [1.807, 2.05) is 18.2 Å². The SMILES string of the molecule is C#CC/C=C(\C=C/C/C=C\C1=C(/C=C/C=C\C=C/C=C)C(C)(C)c2ccccc21)c1ccc2c(c1)c1c(n2C2=c3oc(C)c(/C=C\C)c3=CCC2)C=CCC1. The van der Waals surface area contributed by atoms with Gasteiger partial charge in [-0.05, 0) is 103 Å². The summed E-state index contributed by atoms with van der Waals surface area (Å²) >= 11 is 0. The molecule has 0 unspecified atom stereocenters. The van der Waals surface area contributed by atoms with E-state index in [-0.39, 0.29) is 5.41 Å². The minimum absolute atomic E-state index is 0.0897. The average molecular weight is 718 g/mol. The predicted molar refractivity (Wildman–Crippen MR) is 238 cm³/mol. The molecule has 2 heterocycles. The molecule has 274 valence electrons. The van der Waals surface area contributed by atoms with Gasteiger partial charge < -0.3 is 8.98 Å². The molecule has 2 heteroatoms. The Bertz CT molecular complexity index is 2600. The number of hydrogen-bond donors (Lipinski definition) is 0. The van der Waals surface area contributed by atoms with Crippen LogP contribution in [0.3, 0.4) is 0 Å². The number of benzene rings is 2. The van der Waals surface area contributed by atoms with Gasteiger partial charge in [0.05, 0.1) is 11.2 Å². The summed E-state index contributed by atoms with van der Waals surface area (Å²) in [5.41, 5.74) is 14.9. The van der Waals surface area contributed by atoms with Crippen molar-refractivity contribution < 1.29 is 4.42 Å². The van der Waals surface area contributed by atoms with Crippen LogP contribution in [0.25, 0.3) is 46.0 Å². The molecule has 0 bridgehead atoms. The van der Waals surface area contributed by atoms with Gasteiger partial charge in [-0.2, -0.15) is 0 Å². The Morgan fingerprint density at radius 2 is 1.82 bits per heavy atom. The molecule has 3 aliphatic carbocycles. The summed E-state index contributed by atoms with van der Waals surface area (Å²) in [6.45, 7) is 12.5. The van der Waals surface area contributed by atoms with Gasteiger partial charge in [0.25, 0.3) is 0 Å². The van der Waals surface area contributed by atoms with Crippen LogP contribution in [-0.2, 0) is 11.8 Å². The second-order valence-corrected chi connectivity index (χ2v) is 14.8. The van der Waals surface area contributed by atoms with E-state index in [2.05, 4.69) is 166 Å². The first-order valence-corrected chi connectivity index (χ1v) is 19.6. The van der Waals surface area contributed by atoms with Crippen LogP contribution in [-0.4, -0.2) is 4.57 Å². The highest BCUT2D eigenvalue weighted by atomic mass is 16.3. The molecule has 0 amide bonds. The summed E-state index contributed by atoms with van der Waals surface area (Å²) in [5, 5.41) is 2.52. The number of rotatable bonds is 12. The first kappa shape index (κ1) is 37.3. The zero-order valence-electron chi connectivity index (χ0n) is 32.7. The van der Waals surface area contributed by atoms with Gasteiger partial charge in [0, 0.05) is 33.7 Å². The van der Waals surface area contributed by atoms with Crippen molar-refractivity contribution in [3.8, 4) is 12.3 Å². The van der Waals surface area contributed by atoms with Gasteiger partial charge in [-0.3, -0.25) is 0 Å². The summed E-state index contributed by atoms with van der Waals surface area (Å²) in [6.07, 6.45) is 47.8. The third-order valence-corrected chi connectivity index (χ3v) is 11.0. The van der Waals surface area contributed by atoms with Crippen molar-refractivity contribution in [2.45, 2.75) is 71.6 Å². The van der Waals surface area contributed by atoms with Crippen LogP contribution in [0.2, 0.25) is 0 Å². The van der Waals surface area contributed by atoms with Gasteiger partial charge in [0.2, 0.25) is 0 Å². The Morgan fingerprint density at radius 3 is 2.65 bits per heavy atom. The van der Waals surface area contributed by atoms with Crippen LogP contribution in [0, 0.1) is 19.3 Å². The number of terminal acetylenes is 1. The number of nitrogens with zero attached hydrogens (tertiary/aromatic N) is 1. The molecule has 2 aromatic heterocycles. The van der Waals surface area contributed by atoms with E-state index >= 15 is 0 Å². The van der Waals surface area contributed by atoms with Crippen LogP contribution < -0.4 is 10.6 Å². The number of fused-ring (bicyclic) bond motifs is 5. The van der Waals surface area contributed by atoms with E-state index in [9.17, 15) is 0 Å². The van der Waals surface area contributed by atoms with Crippen LogP contribution >= 0.6 is 0 Å². The summed E-state index contributed by atoms with van der Waals surface area (Å²) in [5.74, 6) is 3.80. The Balaban J connectivity index is 1.21. The fraction of sp³-hybridized carbons (Fsp3) is 0.208. The summed E-state index contributed by atoms with van der Waals surface area (Å²) in [6, 6.07) is 15.7. The minimum Gasteiger partial charge on any atom is -0.459 e. The van der Waals surface area contributed by atoms with E-state index in [0.29, 0.717) is 6.42 Å². The number of furan rings is 1. The molecule has 4 aromatic rings. The summed E-state index contributed by atoms with van der Waals surface area (Å²) < 4.78 is 8.99. The molecule has 2 aromatic carbocycles. The Hall–Kier alpha value is -6.04. The number of aryl methyl sites for hydroxylation is 2. The molecule has 0 N–H and O–H groups in total. The third kappa shape index (κ3) is 7.28. The normalized spacial score (nSPS) is 16.8. The fourth-order valence-corrected chi connectivity index (χ4v) is 8.45. The second-order valence-electron chi connectivity index (χ2n) is 14.8. The predicted octanol–water partition coefficient (Wildman–Crippen LogP) is 12.3. The first-order chi connectivity index (χ1) is 26.9. The van der Waals surface area contributed by atoms with Gasteiger partial charge in [0.1, 0.15) is 5.76 Å². The van der Waals surface area contributed by atoms with E-state index in [4.69, 9.17) is 10.8 Å². The van der Waals surface area contributed by atoms with Crippen molar-refractivity contribution in [2.75, 3.05) is 0 Å². The van der Waals surface area contributed by atoms with Gasteiger partial charge in [-0.25, -0.2) is 0 Å². The topological polar surface area (TPSA) is 18.1 Å². The van der Waals surface area contributed by atoms with Gasteiger partial charge in [-0.15, -0.1) is 12.3 Å². The fourth-order valence-electron chi connectivity index (χ4n) is 8.45. The standard InChI is InChI=1S/C53H51NO/c1-7-10-12-13-14-18-31-47-42(43-28-19-21-32-48(43)53(47,5)6)27-17-15-16-26-39(25-11-8-2)40-35-36-50-46(37-40)44-29-20-22-33-49(44)54(50)51-34-23-30-45-41(24-9-3)38(4)55-52(45)51/h2,7,9-10,12-14,16-19,21-22,24-28,30-33,35-37H,1,11,15,20,23,29,34H2,3-6H3/b12-10-,14-13-,24-9-,26-16-,27-17-,31-18+,39-25+. The smallest absolute Gasteiger partial charge is 0.154 e. The van der Waals surface area contributed by atoms with E-state index in [0.717, 1.165) is 48.9 Å². The molecule has 3 aliphatic rings. The molecule has 0 saturated heterocycles. The van der Waals surface area contributed by atoms with Crippen molar-refractivity contribution in [3.05, 3.63) is 190 Å². The maximum atomic E-state index is 6.52. The van der Waals surface area contributed by atoms with E-state index in [1.54, 1.807) is 6.08 Å². The lowest BCUT2D eigenvalue weighted by molar-refractivity contribution is 0.492. The van der Waals surface area contributed by atoms with E-state index < -0.39 is 0 Å². The monoisotopic (exact) mass is 717 g/mol. The summed E-state index contributed by atoms with van der Waals surface area (Å²) in [4.78, 5) is 0. The molecule has 0 saturated carbocycles. The molecule has 0 radical (unpaired) electrons. The van der Waals surface area contributed by atoms with Crippen LogP contribution in [0.5, 0.6) is 0 Å². The molecule has 0 aliphatic heterocycles. The Labute approximate surface area is 327 Å². The van der Waals surface area contributed by atoms with E-state index in [1.165, 1.54) is 66.5 Å². The quantitative estimate of drug-likeness (QED) is 0.105. The molecule has 0 fully saturated rings. The Morgan fingerprint density at radius 1 is 0.982 bits per heavy atom. The lowest BCUT2D eigenvalue weighted by Gasteiger charge is -2.22. The molecule has 55 heavy (non-hydrogen) atoms. The van der Waals surface area contributed by atoms with Crippen molar-refractivity contribution in [1.82, 2.24) is 4.57 Å². The number of allylic oxidation sites excluding steroid dienone is 17. The maximum Gasteiger partial charge on any atom is 0.154 e. The highest BCUT2D eigenvalue weighted by Gasteiger charge is 2.35. The Kier molecular flexibility index (Phi) is 11.2. The first-order valence-electron chi connectivity index (χ1n) is 19.6. The minimum atomic E-state index is -0.0897. The van der Waals surface area contributed by atoms with Crippen molar-refractivity contribution in [2.24, 2.45) is 0 Å². The molecule has 0 atom stereocenters. The third-order valence-electron chi connectivity index (χ3n) is 11.0.